The molecule has 28 heavy (non-hydrogen) atoms. The second-order valence-corrected chi connectivity index (χ2v) is 7.80. The Morgan fingerprint density at radius 3 is 2.43 bits per heavy atom. The van der Waals surface area contributed by atoms with E-state index in [9.17, 15) is 4.79 Å². The fraction of sp³-hybridized carbons (Fsp3) is 0.348. The number of nitrogens with one attached hydrogen (secondary N) is 2. The third-order valence-electron chi connectivity index (χ3n) is 5.68. The minimum atomic E-state index is -0.293. The Hall–Kier alpha value is -2.63. The van der Waals surface area contributed by atoms with Gasteiger partial charge in [-0.2, -0.15) is 0 Å². The first-order chi connectivity index (χ1) is 13.6. The summed E-state index contributed by atoms with van der Waals surface area (Å²) in [6.45, 7) is 8.61. The summed E-state index contributed by atoms with van der Waals surface area (Å²) in [7, 11) is 1.62. The smallest absolute Gasteiger partial charge is 0.336 e. The number of aryl methyl sites for hydroxylation is 1. The van der Waals surface area contributed by atoms with Crippen LogP contribution in [0.5, 0.6) is 5.75 Å². The molecule has 2 aromatic carbocycles. The van der Waals surface area contributed by atoms with E-state index in [1.807, 2.05) is 12.1 Å². The molecule has 2 N–H and O–H groups in total. The highest BCUT2D eigenvalue weighted by Gasteiger charge is 2.24. The minimum Gasteiger partial charge on any atom is -0.497 e. The molecule has 0 amide bonds. The van der Waals surface area contributed by atoms with E-state index in [-0.39, 0.29) is 5.63 Å². The first-order valence-corrected chi connectivity index (χ1v) is 9.94. The summed E-state index contributed by atoms with van der Waals surface area (Å²) >= 11 is 0. The zero-order valence-electron chi connectivity index (χ0n) is 16.6. The molecule has 146 valence electrons. The van der Waals surface area contributed by atoms with Gasteiger partial charge < -0.3 is 19.0 Å². The lowest BCUT2D eigenvalue weighted by molar-refractivity contribution is -1.02. The van der Waals surface area contributed by atoms with Gasteiger partial charge in [-0.25, -0.2) is 4.79 Å². The molecule has 0 saturated carbocycles. The molecule has 0 unspecified atom stereocenters. The maximum atomic E-state index is 12.0. The van der Waals surface area contributed by atoms with Crippen molar-refractivity contribution in [1.82, 2.24) is 0 Å². The Bertz CT molecular complexity index is 1020. The van der Waals surface area contributed by atoms with E-state index in [0.717, 1.165) is 50.2 Å². The monoisotopic (exact) mass is 380 g/mol. The molecule has 5 nitrogen and oxygen atoms in total. The van der Waals surface area contributed by atoms with Gasteiger partial charge in [0.15, 0.2) is 0 Å². The summed E-state index contributed by atoms with van der Waals surface area (Å²) in [6, 6.07) is 16.2. The summed E-state index contributed by atoms with van der Waals surface area (Å²) in [5.74, 6) is 0.702. The van der Waals surface area contributed by atoms with Crippen molar-refractivity contribution in [2.24, 2.45) is 0 Å². The van der Waals surface area contributed by atoms with Crippen LogP contribution in [0.4, 0.5) is 0 Å². The Morgan fingerprint density at radius 2 is 1.71 bits per heavy atom. The van der Waals surface area contributed by atoms with Crippen molar-refractivity contribution in [1.29, 1.82) is 0 Å². The van der Waals surface area contributed by atoms with Gasteiger partial charge in [-0.05, 0) is 19.1 Å². The molecule has 0 bridgehead atoms. The van der Waals surface area contributed by atoms with E-state index in [1.165, 1.54) is 16.0 Å². The Kier molecular flexibility index (Phi) is 5.46. The van der Waals surface area contributed by atoms with E-state index in [1.54, 1.807) is 24.1 Å². The molecule has 3 aromatic rings. The van der Waals surface area contributed by atoms with Gasteiger partial charge in [0.1, 0.15) is 50.6 Å². The maximum Gasteiger partial charge on any atom is 0.336 e. The van der Waals surface area contributed by atoms with Gasteiger partial charge in [0, 0.05) is 28.6 Å². The number of hydrogen-bond donors (Lipinski definition) is 2. The summed E-state index contributed by atoms with van der Waals surface area (Å²) in [5.41, 5.74) is 4.11. The molecule has 1 aromatic heterocycles. The molecule has 5 heteroatoms. The van der Waals surface area contributed by atoms with Gasteiger partial charge in [0.05, 0.1) is 7.11 Å². The number of rotatable bonds is 5. The zero-order valence-corrected chi connectivity index (χ0v) is 16.6. The minimum absolute atomic E-state index is 0.293. The SMILES string of the molecule is COc1ccc2c(C[NH+]3CC[NH+](Cc4cccc(C)c4)CC3)cc(=O)oc2c1. The molecule has 1 saturated heterocycles. The molecule has 4 rings (SSSR count). The van der Waals surface area contributed by atoms with E-state index in [0.29, 0.717) is 11.3 Å². The van der Waals surface area contributed by atoms with Crippen LogP contribution in [0.3, 0.4) is 0 Å². The summed E-state index contributed by atoms with van der Waals surface area (Å²) in [6.07, 6.45) is 0. The van der Waals surface area contributed by atoms with Crippen LogP contribution >= 0.6 is 0 Å². The van der Waals surface area contributed by atoms with Crippen LogP contribution in [0.1, 0.15) is 16.7 Å². The van der Waals surface area contributed by atoms with Gasteiger partial charge in [-0.15, -0.1) is 0 Å². The van der Waals surface area contributed by atoms with Gasteiger partial charge in [0.2, 0.25) is 0 Å². The molecule has 0 aliphatic carbocycles. The molecule has 0 radical (unpaired) electrons. The molecule has 0 atom stereocenters. The van der Waals surface area contributed by atoms with Gasteiger partial charge >= 0.3 is 5.63 Å². The zero-order chi connectivity index (χ0) is 19.5. The standard InChI is InChI=1S/C23H26N2O3/c1-17-4-3-5-18(12-17)15-24-8-10-25(11-9-24)16-19-13-23(26)28-22-14-20(27-2)6-7-21(19)22/h3-7,12-14H,8-11,15-16H2,1-2H3/p+2. The highest BCUT2D eigenvalue weighted by Crippen LogP contribution is 2.22. The predicted molar refractivity (Wildman–Crippen MR) is 109 cm³/mol. The second-order valence-electron chi connectivity index (χ2n) is 7.80. The average molecular weight is 380 g/mol. The van der Waals surface area contributed by atoms with Gasteiger partial charge in [-0.1, -0.05) is 29.8 Å². The fourth-order valence-electron chi connectivity index (χ4n) is 4.17. The molecular formula is C23H28N2O3+2. The topological polar surface area (TPSA) is 48.3 Å². The quantitative estimate of drug-likeness (QED) is 0.637. The van der Waals surface area contributed by atoms with Crippen molar-refractivity contribution in [3.8, 4) is 5.75 Å². The molecule has 1 aliphatic heterocycles. The van der Waals surface area contributed by atoms with Crippen LogP contribution in [0.15, 0.2) is 57.7 Å². The number of benzene rings is 2. The highest BCUT2D eigenvalue weighted by atomic mass is 16.5. The van der Waals surface area contributed by atoms with Crippen molar-refractivity contribution in [3.05, 3.63) is 75.6 Å². The number of piperazine rings is 1. The van der Waals surface area contributed by atoms with Crippen molar-refractivity contribution in [2.75, 3.05) is 33.3 Å². The number of methoxy groups -OCH3 is 1. The lowest BCUT2D eigenvalue weighted by Gasteiger charge is -2.30. The van der Waals surface area contributed by atoms with E-state index in [4.69, 9.17) is 9.15 Å². The summed E-state index contributed by atoms with van der Waals surface area (Å²) in [5, 5.41) is 1.00. The van der Waals surface area contributed by atoms with Gasteiger partial charge in [0.25, 0.3) is 0 Å². The van der Waals surface area contributed by atoms with Crippen molar-refractivity contribution >= 4 is 11.0 Å². The van der Waals surface area contributed by atoms with Crippen molar-refractivity contribution < 1.29 is 19.0 Å². The number of hydrogen-bond acceptors (Lipinski definition) is 3. The van der Waals surface area contributed by atoms with E-state index >= 15 is 0 Å². The number of fused-ring (bicyclic) bond motifs is 1. The van der Waals surface area contributed by atoms with Crippen LogP contribution in [0, 0.1) is 6.92 Å². The van der Waals surface area contributed by atoms with Crippen LogP contribution in [-0.4, -0.2) is 33.3 Å². The molecule has 0 spiro atoms. The average Bonchev–Trinajstić information content (AvgIpc) is 2.69. The number of quaternary nitrogens is 2. The summed E-state index contributed by atoms with van der Waals surface area (Å²) < 4.78 is 10.6. The van der Waals surface area contributed by atoms with E-state index in [2.05, 4.69) is 31.2 Å². The second kappa shape index (κ2) is 8.17. The Balaban J connectivity index is 1.43. The molecule has 2 heterocycles. The predicted octanol–water partition coefficient (Wildman–Crippen LogP) is 0.594. The summed E-state index contributed by atoms with van der Waals surface area (Å²) in [4.78, 5) is 15.2. The van der Waals surface area contributed by atoms with Crippen LogP contribution in [0.2, 0.25) is 0 Å². The highest BCUT2D eigenvalue weighted by molar-refractivity contribution is 5.81. The van der Waals surface area contributed by atoms with Gasteiger partial charge in [-0.3, -0.25) is 0 Å². The van der Waals surface area contributed by atoms with Crippen LogP contribution in [-0.2, 0) is 13.1 Å². The lowest BCUT2D eigenvalue weighted by Crippen LogP contribution is -3.27. The molecular weight excluding hydrogens is 352 g/mol. The van der Waals surface area contributed by atoms with Crippen molar-refractivity contribution in [3.63, 3.8) is 0 Å². The molecule has 1 aliphatic rings. The van der Waals surface area contributed by atoms with Crippen LogP contribution in [0.25, 0.3) is 11.0 Å². The Labute approximate surface area is 165 Å². The lowest BCUT2D eigenvalue weighted by atomic mass is 10.1. The number of ether oxygens (including phenoxy) is 1. The maximum absolute atomic E-state index is 12.0. The third kappa shape index (κ3) is 4.26. The first-order valence-electron chi connectivity index (χ1n) is 9.94. The normalized spacial score (nSPS) is 19.6. The Morgan fingerprint density at radius 1 is 0.964 bits per heavy atom. The van der Waals surface area contributed by atoms with E-state index < -0.39 is 0 Å². The van der Waals surface area contributed by atoms with Crippen LogP contribution < -0.4 is 20.2 Å². The first kappa shape index (κ1) is 18.7. The fourth-order valence-corrected chi connectivity index (χ4v) is 4.17. The largest absolute Gasteiger partial charge is 0.497 e. The third-order valence-corrected chi connectivity index (χ3v) is 5.68. The van der Waals surface area contributed by atoms with Crippen molar-refractivity contribution in [2.45, 2.75) is 20.0 Å². The molecule has 1 fully saturated rings.